The van der Waals surface area contributed by atoms with Crippen molar-refractivity contribution in [2.45, 2.75) is 32.4 Å². The SMILES string of the molecule is CC(C)[C@H](N)C(=O)O.NC(=O)CC(N)C(=O)O.NCC(=O)O. The van der Waals surface area contributed by atoms with Gasteiger partial charge in [0.2, 0.25) is 5.91 Å². The van der Waals surface area contributed by atoms with Gasteiger partial charge in [0, 0.05) is 0 Å². The number of carbonyl (C=O) groups excluding carboxylic acids is 1. The molecule has 0 heterocycles. The van der Waals surface area contributed by atoms with Crippen LogP contribution >= 0.6 is 0 Å². The van der Waals surface area contributed by atoms with Gasteiger partial charge in [0.25, 0.3) is 0 Å². The van der Waals surface area contributed by atoms with Crippen molar-refractivity contribution < 1.29 is 34.5 Å². The third-order valence-corrected chi connectivity index (χ3v) is 1.92. The van der Waals surface area contributed by atoms with Gasteiger partial charge in [-0.1, -0.05) is 13.8 Å². The van der Waals surface area contributed by atoms with Crippen LogP contribution in [0, 0.1) is 5.92 Å². The lowest BCUT2D eigenvalue weighted by atomic mass is 10.1. The number of hydrogen-bond acceptors (Lipinski definition) is 7. The Morgan fingerprint density at radius 1 is 0.955 bits per heavy atom. The van der Waals surface area contributed by atoms with Crippen molar-refractivity contribution in [3.63, 3.8) is 0 Å². The highest BCUT2D eigenvalue weighted by atomic mass is 16.4. The molecule has 0 aromatic rings. The van der Waals surface area contributed by atoms with Crippen LogP contribution in [0.25, 0.3) is 0 Å². The summed E-state index contributed by atoms with van der Waals surface area (Å²) in [5, 5.41) is 23.9. The second-order valence-electron chi connectivity index (χ2n) is 4.32. The Balaban J connectivity index is -0.000000257. The number of aliphatic carboxylic acids is 3. The van der Waals surface area contributed by atoms with E-state index < -0.39 is 35.9 Å². The fourth-order valence-corrected chi connectivity index (χ4v) is 0.589. The minimum absolute atomic E-state index is 0.0208. The first kappa shape index (κ1) is 24.8. The van der Waals surface area contributed by atoms with Crippen molar-refractivity contribution in [1.29, 1.82) is 0 Å². The van der Waals surface area contributed by atoms with Crippen molar-refractivity contribution in [2.24, 2.45) is 28.9 Å². The van der Waals surface area contributed by atoms with Crippen LogP contribution in [-0.2, 0) is 19.2 Å². The second kappa shape index (κ2) is 13.7. The van der Waals surface area contributed by atoms with Gasteiger partial charge in [-0.05, 0) is 5.92 Å². The molecule has 0 spiro atoms. The fraction of sp³-hybridized carbons (Fsp3) is 0.636. The summed E-state index contributed by atoms with van der Waals surface area (Å²) in [5.74, 6) is -3.80. The molecule has 0 fully saturated rings. The smallest absolute Gasteiger partial charge is 0.321 e. The zero-order valence-corrected chi connectivity index (χ0v) is 12.4. The Labute approximate surface area is 127 Å². The summed E-state index contributed by atoms with van der Waals surface area (Å²) in [5.41, 5.74) is 19.3. The molecule has 1 unspecified atom stereocenters. The van der Waals surface area contributed by atoms with E-state index in [2.05, 4.69) is 11.5 Å². The molecule has 1 amide bonds. The van der Waals surface area contributed by atoms with Crippen LogP contribution in [0.15, 0.2) is 0 Å². The molecule has 0 aromatic heterocycles. The Morgan fingerprint density at radius 3 is 1.36 bits per heavy atom. The van der Waals surface area contributed by atoms with Crippen molar-refractivity contribution >= 4 is 23.8 Å². The largest absolute Gasteiger partial charge is 0.480 e. The molecule has 0 radical (unpaired) electrons. The van der Waals surface area contributed by atoms with E-state index in [9.17, 15) is 19.2 Å². The van der Waals surface area contributed by atoms with Gasteiger partial charge in [0.05, 0.1) is 13.0 Å². The van der Waals surface area contributed by atoms with Gasteiger partial charge in [-0.2, -0.15) is 0 Å². The van der Waals surface area contributed by atoms with Crippen LogP contribution in [-0.4, -0.2) is 57.8 Å². The molecular weight excluding hydrogens is 300 g/mol. The lowest BCUT2D eigenvalue weighted by molar-refractivity contribution is -0.140. The van der Waals surface area contributed by atoms with Crippen LogP contribution in [0.3, 0.4) is 0 Å². The standard InChI is InChI=1S/C5H11NO2.C4H8N2O3.C2H5NO2/c1-3(2)4(6)5(7)8;5-2(4(8)9)1-3(6)7;3-1-2(4)5/h3-4H,6H2,1-2H3,(H,7,8);2H,1,5H2,(H2,6,7)(H,8,9);1,3H2,(H,4,5)/t4-;;/m0../s1. The van der Waals surface area contributed by atoms with E-state index in [4.69, 9.17) is 26.8 Å². The number of carboxylic acid groups (broad SMARTS) is 3. The molecule has 0 saturated carbocycles. The average Bonchev–Trinajstić information content (AvgIpc) is 2.37. The van der Waals surface area contributed by atoms with E-state index in [1.165, 1.54) is 0 Å². The monoisotopic (exact) mass is 324 g/mol. The molecule has 0 saturated heterocycles. The van der Waals surface area contributed by atoms with Gasteiger partial charge in [-0.25, -0.2) is 0 Å². The van der Waals surface area contributed by atoms with Crippen molar-refractivity contribution in [2.75, 3.05) is 6.54 Å². The molecule has 2 atom stereocenters. The molecule has 11 N–H and O–H groups in total. The number of carboxylic acids is 3. The fourth-order valence-electron chi connectivity index (χ4n) is 0.589. The predicted molar refractivity (Wildman–Crippen MR) is 76.6 cm³/mol. The van der Waals surface area contributed by atoms with E-state index in [1.807, 2.05) is 0 Å². The molecule has 0 bridgehead atoms. The number of primary amides is 1. The van der Waals surface area contributed by atoms with Crippen LogP contribution in [0.2, 0.25) is 0 Å². The molecule has 130 valence electrons. The van der Waals surface area contributed by atoms with E-state index >= 15 is 0 Å². The summed E-state index contributed by atoms with van der Waals surface area (Å²) in [4.78, 5) is 39.2. The minimum atomic E-state index is -1.21. The second-order valence-corrected chi connectivity index (χ2v) is 4.32. The zero-order valence-electron chi connectivity index (χ0n) is 12.4. The number of hydrogen-bond donors (Lipinski definition) is 7. The average molecular weight is 324 g/mol. The normalized spacial score (nSPS) is 11.9. The van der Waals surface area contributed by atoms with Crippen molar-refractivity contribution in [1.82, 2.24) is 0 Å². The first-order valence-electron chi connectivity index (χ1n) is 6.03. The summed E-state index contributed by atoms with van der Waals surface area (Å²) in [7, 11) is 0. The number of amides is 1. The first-order valence-corrected chi connectivity index (χ1v) is 6.03. The van der Waals surface area contributed by atoms with Gasteiger partial charge >= 0.3 is 17.9 Å². The lowest BCUT2D eigenvalue weighted by Gasteiger charge is -2.07. The molecule has 0 aliphatic carbocycles. The minimum Gasteiger partial charge on any atom is -0.480 e. The molecule has 0 aromatic carbocycles. The summed E-state index contributed by atoms with van der Waals surface area (Å²) in [6, 6.07) is -1.88. The van der Waals surface area contributed by atoms with E-state index in [0.717, 1.165) is 0 Å². The summed E-state index contributed by atoms with van der Waals surface area (Å²) in [6.45, 7) is 3.28. The molecular formula is C11H24N4O7. The summed E-state index contributed by atoms with van der Waals surface area (Å²) >= 11 is 0. The maximum Gasteiger partial charge on any atom is 0.321 e. The van der Waals surface area contributed by atoms with Crippen LogP contribution in [0.5, 0.6) is 0 Å². The molecule has 0 aliphatic heterocycles. The van der Waals surface area contributed by atoms with Crippen LogP contribution in [0.1, 0.15) is 20.3 Å². The number of carbonyl (C=O) groups is 4. The van der Waals surface area contributed by atoms with Crippen molar-refractivity contribution in [3.05, 3.63) is 0 Å². The Hall–Kier alpha value is -2.24. The summed E-state index contributed by atoms with van der Waals surface area (Å²) < 4.78 is 0. The summed E-state index contributed by atoms with van der Waals surface area (Å²) in [6.07, 6.45) is -0.310. The predicted octanol–water partition coefficient (Wildman–Crippen LogP) is -2.64. The highest BCUT2D eigenvalue weighted by molar-refractivity contribution is 5.83. The highest BCUT2D eigenvalue weighted by Gasteiger charge is 2.14. The van der Waals surface area contributed by atoms with E-state index in [-0.39, 0.29) is 18.9 Å². The quantitative estimate of drug-likeness (QED) is 0.268. The molecule has 22 heavy (non-hydrogen) atoms. The molecule has 11 heteroatoms. The Morgan fingerprint density at radius 2 is 1.32 bits per heavy atom. The zero-order chi connectivity index (χ0) is 18.5. The van der Waals surface area contributed by atoms with Gasteiger partial charge in [-0.3, -0.25) is 19.2 Å². The first-order chi connectivity index (χ1) is 9.86. The number of rotatable bonds is 6. The van der Waals surface area contributed by atoms with Crippen LogP contribution < -0.4 is 22.9 Å². The number of nitrogens with two attached hydrogens (primary N) is 4. The van der Waals surface area contributed by atoms with Crippen LogP contribution in [0.4, 0.5) is 0 Å². The molecule has 11 nitrogen and oxygen atoms in total. The Kier molecular flexibility index (Phi) is 15.5. The topological polar surface area (TPSA) is 233 Å². The van der Waals surface area contributed by atoms with E-state index in [1.54, 1.807) is 13.8 Å². The van der Waals surface area contributed by atoms with Gasteiger partial charge < -0.3 is 38.3 Å². The molecule has 0 aliphatic rings. The Bertz CT molecular complexity index is 373. The van der Waals surface area contributed by atoms with Gasteiger partial charge in [-0.15, -0.1) is 0 Å². The maximum absolute atomic E-state index is 10.0. The van der Waals surface area contributed by atoms with E-state index in [0.29, 0.717) is 0 Å². The molecule has 0 rings (SSSR count). The third kappa shape index (κ3) is 20.1. The highest BCUT2D eigenvalue weighted by Crippen LogP contribution is 1.96. The van der Waals surface area contributed by atoms with Gasteiger partial charge in [0.15, 0.2) is 0 Å². The van der Waals surface area contributed by atoms with Crippen molar-refractivity contribution in [3.8, 4) is 0 Å². The van der Waals surface area contributed by atoms with Gasteiger partial charge in [0.1, 0.15) is 12.1 Å². The third-order valence-electron chi connectivity index (χ3n) is 1.92. The lowest BCUT2D eigenvalue weighted by Crippen LogP contribution is -2.34. The maximum atomic E-state index is 10.0.